The van der Waals surface area contributed by atoms with E-state index in [2.05, 4.69) is 12.2 Å². The van der Waals surface area contributed by atoms with Crippen LogP contribution in [0.3, 0.4) is 0 Å². The van der Waals surface area contributed by atoms with Gasteiger partial charge in [0.15, 0.2) is 0 Å². The van der Waals surface area contributed by atoms with Crippen molar-refractivity contribution in [1.29, 1.82) is 0 Å². The minimum atomic E-state index is 0.315. The van der Waals surface area contributed by atoms with Crippen LogP contribution in [0.2, 0.25) is 0 Å². The molecule has 0 spiro atoms. The summed E-state index contributed by atoms with van der Waals surface area (Å²) in [5, 5.41) is 12.0. The van der Waals surface area contributed by atoms with Gasteiger partial charge < -0.3 is 10.4 Å². The zero-order chi connectivity index (χ0) is 8.10. The van der Waals surface area contributed by atoms with Crippen molar-refractivity contribution >= 4 is 0 Å². The van der Waals surface area contributed by atoms with Gasteiger partial charge in [0, 0.05) is 12.6 Å². The molecule has 0 saturated heterocycles. The Morgan fingerprint density at radius 3 is 2.82 bits per heavy atom. The SMILES string of the molecule is CC1CCC(NCCCO)C1. The zero-order valence-corrected chi connectivity index (χ0v) is 7.34. The van der Waals surface area contributed by atoms with Crippen LogP contribution in [0.15, 0.2) is 0 Å². The molecule has 0 heterocycles. The predicted octanol–water partition coefficient (Wildman–Crippen LogP) is 1.15. The average Bonchev–Trinajstić information content (AvgIpc) is 2.37. The summed E-state index contributed by atoms with van der Waals surface area (Å²) in [6.07, 6.45) is 4.92. The number of aliphatic hydroxyl groups excluding tert-OH is 1. The maximum absolute atomic E-state index is 8.55. The van der Waals surface area contributed by atoms with Gasteiger partial charge >= 0.3 is 0 Å². The Kier molecular flexibility index (Phi) is 3.87. The maximum Gasteiger partial charge on any atom is 0.0443 e. The summed E-state index contributed by atoms with van der Waals surface area (Å²) in [6, 6.07) is 0.733. The topological polar surface area (TPSA) is 32.3 Å². The highest BCUT2D eigenvalue weighted by atomic mass is 16.3. The second-order valence-corrected chi connectivity index (χ2v) is 3.65. The molecule has 2 heteroatoms. The van der Waals surface area contributed by atoms with Crippen LogP contribution in [0.5, 0.6) is 0 Å². The van der Waals surface area contributed by atoms with Crippen LogP contribution in [0.25, 0.3) is 0 Å². The van der Waals surface area contributed by atoms with Crippen LogP contribution in [0.1, 0.15) is 32.6 Å². The average molecular weight is 157 g/mol. The first-order valence-electron chi connectivity index (χ1n) is 4.67. The first kappa shape index (κ1) is 9.01. The zero-order valence-electron chi connectivity index (χ0n) is 7.34. The Balaban J connectivity index is 1.99. The van der Waals surface area contributed by atoms with Crippen molar-refractivity contribution in [3.63, 3.8) is 0 Å². The number of aliphatic hydroxyl groups is 1. The molecule has 1 rings (SSSR count). The minimum absolute atomic E-state index is 0.315. The second-order valence-electron chi connectivity index (χ2n) is 3.65. The van der Waals surface area contributed by atoms with Crippen molar-refractivity contribution in [1.82, 2.24) is 5.32 Å². The van der Waals surface area contributed by atoms with Gasteiger partial charge in [-0.15, -0.1) is 0 Å². The summed E-state index contributed by atoms with van der Waals surface area (Å²) in [7, 11) is 0. The van der Waals surface area contributed by atoms with E-state index in [4.69, 9.17) is 5.11 Å². The van der Waals surface area contributed by atoms with E-state index in [9.17, 15) is 0 Å². The van der Waals surface area contributed by atoms with Gasteiger partial charge in [-0.05, 0) is 38.1 Å². The fourth-order valence-electron chi connectivity index (χ4n) is 1.78. The van der Waals surface area contributed by atoms with Crippen LogP contribution in [0, 0.1) is 5.92 Å². The molecule has 2 atom stereocenters. The van der Waals surface area contributed by atoms with Gasteiger partial charge in [0.25, 0.3) is 0 Å². The second kappa shape index (κ2) is 4.73. The molecular formula is C9H19NO. The first-order valence-corrected chi connectivity index (χ1v) is 4.67. The van der Waals surface area contributed by atoms with Crippen LogP contribution < -0.4 is 5.32 Å². The van der Waals surface area contributed by atoms with Crippen LogP contribution >= 0.6 is 0 Å². The van der Waals surface area contributed by atoms with E-state index in [0.717, 1.165) is 24.9 Å². The number of hydrogen-bond donors (Lipinski definition) is 2. The fourth-order valence-corrected chi connectivity index (χ4v) is 1.78. The van der Waals surface area contributed by atoms with Crippen LogP contribution in [-0.4, -0.2) is 24.3 Å². The standard InChI is InChI=1S/C9H19NO/c1-8-3-4-9(7-8)10-5-2-6-11/h8-11H,2-7H2,1H3. The normalized spacial score (nSPS) is 31.1. The van der Waals surface area contributed by atoms with E-state index in [0.29, 0.717) is 6.61 Å². The van der Waals surface area contributed by atoms with Crippen molar-refractivity contribution < 1.29 is 5.11 Å². The summed E-state index contributed by atoms with van der Waals surface area (Å²) >= 11 is 0. The van der Waals surface area contributed by atoms with E-state index in [1.165, 1.54) is 19.3 Å². The third-order valence-corrected chi connectivity index (χ3v) is 2.46. The molecule has 0 amide bonds. The van der Waals surface area contributed by atoms with E-state index in [-0.39, 0.29) is 0 Å². The Morgan fingerprint density at radius 2 is 2.27 bits per heavy atom. The quantitative estimate of drug-likeness (QED) is 0.600. The molecule has 1 saturated carbocycles. The highest BCUT2D eigenvalue weighted by molar-refractivity contribution is 4.77. The van der Waals surface area contributed by atoms with Crippen molar-refractivity contribution in [2.24, 2.45) is 5.92 Å². The molecule has 2 unspecified atom stereocenters. The summed E-state index contributed by atoms with van der Waals surface area (Å²) in [4.78, 5) is 0. The van der Waals surface area contributed by atoms with Crippen molar-refractivity contribution in [2.45, 2.75) is 38.6 Å². The highest BCUT2D eigenvalue weighted by Crippen LogP contribution is 2.24. The monoisotopic (exact) mass is 157 g/mol. The van der Waals surface area contributed by atoms with Crippen LogP contribution in [0.4, 0.5) is 0 Å². The molecule has 11 heavy (non-hydrogen) atoms. The molecule has 1 aliphatic rings. The lowest BCUT2D eigenvalue weighted by Crippen LogP contribution is -2.27. The van der Waals surface area contributed by atoms with E-state index in [1.54, 1.807) is 0 Å². The summed E-state index contributed by atoms with van der Waals surface area (Å²) in [6.45, 7) is 3.61. The molecule has 66 valence electrons. The largest absolute Gasteiger partial charge is 0.396 e. The van der Waals surface area contributed by atoms with E-state index in [1.807, 2.05) is 0 Å². The molecular weight excluding hydrogens is 138 g/mol. The third-order valence-electron chi connectivity index (χ3n) is 2.46. The van der Waals surface area contributed by atoms with E-state index < -0.39 is 0 Å². The van der Waals surface area contributed by atoms with Gasteiger partial charge in [0.05, 0.1) is 0 Å². The molecule has 0 bridgehead atoms. The first-order chi connectivity index (χ1) is 5.33. The number of hydrogen-bond acceptors (Lipinski definition) is 2. The molecule has 1 fully saturated rings. The van der Waals surface area contributed by atoms with Crippen molar-refractivity contribution in [3.05, 3.63) is 0 Å². The Morgan fingerprint density at radius 1 is 1.45 bits per heavy atom. The van der Waals surface area contributed by atoms with Gasteiger partial charge in [0.2, 0.25) is 0 Å². The lowest BCUT2D eigenvalue weighted by molar-refractivity contribution is 0.283. The van der Waals surface area contributed by atoms with Gasteiger partial charge in [-0.1, -0.05) is 6.92 Å². The summed E-state index contributed by atoms with van der Waals surface area (Å²) < 4.78 is 0. The predicted molar refractivity (Wildman–Crippen MR) is 46.5 cm³/mol. The van der Waals surface area contributed by atoms with Gasteiger partial charge in [-0.25, -0.2) is 0 Å². The molecule has 0 aromatic heterocycles. The Labute approximate surface area is 69.0 Å². The van der Waals surface area contributed by atoms with Crippen LogP contribution in [-0.2, 0) is 0 Å². The smallest absolute Gasteiger partial charge is 0.0443 e. The molecule has 2 nitrogen and oxygen atoms in total. The highest BCUT2D eigenvalue weighted by Gasteiger charge is 2.19. The summed E-state index contributed by atoms with van der Waals surface area (Å²) in [5.41, 5.74) is 0. The molecule has 1 aliphatic carbocycles. The van der Waals surface area contributed by atoms with Gasteiger partial charge in [-0.2, -0.15) is 0 Å². The van der Waals surface area contributed by atoms with Gasteiger partial charge in [-0.3, -0.25) is 0 Å². The molecule has 2 N–H and O–H groups in total. The van der Waals surface area contributed by atoms with E-state index >= 15 is 0 Å². The molecule has 0 radical (unpaired) electrons. The molecule has 0 aromatic carbocycles. The van der Waals surface area contributed by atoms with Crippen molar-refractivity contribution in [2.75, 3.05) is 13.2 Å². The Bertz CT molecular complexity index is 106. The minimum Gasteiger partial charge on any atom is -0.396 e. The third kappa shape index (κ3) is 3.21. The van der Waals surface area contributed by atoms with Crippen molar-refractivity contribution in [3.8, 4) is 0 Å². The maximum atomic E-state index is 8.55. The fraction of sp³-hybridized carbons (Fsp3) is 1.00. The lowest BCUT2D eigenvalue weighted by Gasteiger charge is -2.10. The number of rotatable bonds is 4. The van der Waals surface area contributed by atoms with Gasteiger partial charge in [0.1, 0.15) is 0 Å². The molecule has 0 aromatic rings. The lowest BCUT2D eigenvalue weighted by atomic mass is 10.1. The molecule has 0 aliphatic heterocycles. The summed E-state index contributed by atoms with van der Waals surface area (Å²) in [5.74, 6) is 0.904. The Hall–Kier alpha value is -0.0800. The number of nitrogens with one attached hydrogen (secondary N) is 1.